The van der Waals surface area contributed by atoms with Crippen LogP contribution in [0.1, 0.15) is 54.0 Å². The van der Waals surface area contributed by atoms with Gasteiger partial charge in [-0.25, -0.2) is 4.98 Å². The Balaban J connectivity index is 1.23. The summed E-state index contributed by atoms with van der Waals surface area (Å²) in [6.45, 7) is 11.2. The third kappa shape index (κ3) is 5.64. The van der Waals surface area contributed by atoms with Crippen LogP contribution in [0, 0.1) is 19.3 Å². The van der Waals surface area contributed by atoms with E-state index in [2.05, 4.69) is 41.8 Å². The zero-order valence-corrected chi connectivity index (χ0v) is 25.8. The molecule has 3 aliphatic rings. The summed E-state index contributed by atoms with van der Waals surface area (Å²) in [5.74, 6) is 0.766. The highest BCUT2D eigenvalue weighted by Crippen LogP contribution is 2.41. The number of benzene rings is 2. The molecule has 3 aromatic rings. The second-order valence-corrected chi connectivity index (χ2v) is 12.5. The largest absolute Gasteiger partial charge is 0.488 e. The molecule has 0 spiro atoms. The summed E-state index contributed by atoms with van der Waals surface area (Å²) in [5.41, 5.74) is 7.27. The average molecular weight is 586 g/mol. The maximum atomic E-state index is 12.2. The SMILES string of the molecule is COC[C@H]1N(c2cccc(-c3cccc(C)c3OCc3ccc4c(c3C)CN(C3CCOCC3)C4)n2)CC[C@@]1(C)C(=O)O. The minimum absolute atomic E-state index is 0.309. The van der Waals surface area contributed by atoms with Crippen LogP contribution in [0.5, 0.6) is 5.75 Å². The van der Waals surface area contributed by atoms with Gasteiger partial charge >= 0.3 is 5.97 Å². The Labute approximate surface area is 254 Å². The van der Waals surface area contributed by atoms with Crippen molar-refractivity contribution >= 4 is 11.8 Å². The fourth-order valence-electron chi connectivity index (χ4n) is 7.08. The molecule has 8 nitrogen and oxygen atoms in total. The number of para-hydroxylation sites is 1. The van der Waals surface area contributed by atoms with E-state index >= 15 is 0 Å². The number of carbonyl (C=O) groups is 1. The first-order valence-electron chi connectivity index (χ1n) is 15.4. The van der Waals surface area contributed by atoms with Crippen LogP contribution in [0.3, 0.4) is 0 Å². The first kappa shape index (κ1) is 29.6. The Bertz CT molecular complexity index is 1490. The molecule has 6 rings (SSSR count). The lowest BCUT2D eigenvalue weighted by Crippen LogP contribution is -2.46. The van der Waals surface area contributed by atoms with Gasteiger partial charge in [0, 0.05) is 51.6 Å². The van der Waals surface area contributed by atoms with E-state index in [0.717, 1.165) is 67.5 Å². The number of aliphatic carboxylic acids is 1. The van der Waals surface area contributed by atoms with E-state index in [9.17, 15) is 9.90 Å². The minimum Gasteiger partial charge on any atom is -0.488 e. The third-order valence-corrected chi connectivity index (χ3v) is 9.93. The highest BCUT2D eigenvalue weighted by Gasteiger charge is 2.50. The molecular weight excluding hydrogens is 542 g/mol. The van der Waals surface area contributed by atoms with Crippen LogP contribution in [-0.4, -0.2) is 66.5 Å². The fourth-order valence-corrected chi connectivity index (χ4v) is 7.08. The van der Waals surface area contributed by atoms with Crippen molar-refractivity contribution in [3.05, 3.63) is 76.3 Å². The third-order valence-electron chi connectivity index (χ3n) is 9.93. The first-order chi connectivity index (χ1) is 20.8. The molecule has 2 saturated heterocycles. The van der Waals surface area contributed by atoms with Gasteiger partial charge < -0.3 is 24.2 Å². The van der Waals surface area contributed by atoms with E-state index in [1.54, 1.807) is 14.0 Å². The van der Waals surface area contributed by atoms with Crippen LogP contribution in [0.2, 0.25) is 0 Å². The molecule has 2 atom stereocenters. The summed E-state index contributed by atoms with van der Waals surface area (Å²) in [6, 6.07) is 16.9. The zero-order valence-electron chi connectivity index (χ0n) is 25.8. The van der Waals surface area contributed by atoms with Gasteiger partial charge in [-0.2, -0.15) is 0 Å². The number of methoxy groups -OCH3 is 1. The van der Waals surface area contributed by atoms with Crippen LogP contribution in [0.25, 0.3) is 11.3 Å². The molecule has 2 aromatic carbocycles. The van der Waals surface area contributed by atoms with Gasteiger partial charge in [-0.1, -0.05) is 30.3 Å². The van der Waals surface area contributed by atoms with E-state index in [1.807, 2.05) is 30.3 Å². The maximum absolute atomic E-state index is 12.2. The molecule has 8 heteroatoms. The van der Waals surface area contributed by atoms with Gasteiger partial charge in [0.25, 0.3) is 0 Å². The number of carboxylic acids is 1. The van der Waals surface area contributed by atoms with E-state index in [0.29, 0.717) is 32.2 Å². The molecule has 1 aromatic heterocycles. The molecule has 0 radical (unpaired) electrons. The number of aryl methyl sites for hydroxylation is 1. The highest BCUT2D eigenvalue weighted by atomic mass is 16.5. The van der Waals surface area contributed by atoms with Crippen LogP contribution in [-0.2, 0) is 34.0 Å². The normalized spacial score (nSPS) is 22.6. The van der Waals surface area contributed by atoms with E-state index in [4.69, 9.17) is 19.2 Å². The topological polar surface area (TPSA) is 84.4 Å². The van der Waals surface area contributed by atoms with Gasteiger partial charge in [0.15, 0.2) is 0 Å². The number of pyridine rings is 1. The van der Waals surface area contributed by atoms with Crippen LogP contribution < -0.4 is 9.64 Å². The number of fused-ring (bicyclic) bond motifs is 1. The number of anilines is 1. The van der Waals surface area contributed by atoms with Crippen molar-refractivity contribution in [3.8, 4) is 17.0 Å². The highest BCUT2D eigenvalue weighted by molar-refractivity contribution is 5.77. The second kappa shape index (κ2) is 12.3. The van der Waals surface area contributed by atoms with Crippen molar-refractivity contribution in [1.29, 1.82) is 0 Å². The first-order valence-corrected chi connectivity index (χ1v) is 15.4. The Hall–Kier alpha value is -3.46. The van der Waals surface area contributed by atoms with Crippen molar-refractivity contribution in [3.63, 3.8) is 0 Å². The van der Waals surface area contributed by atoms with E-state index < -0.39 is 11.4 Å². The molecule has 1 N–H and O–H groups in total. The molecule has 3 aliphatic heterocycles. The smallest absolute Gasteiger partial charge is 0.311 e. The molecule has 0 amide bonds. The predicted molar refractivity (Wildman–Crippen MR) is 166 cm³/mol. The summed E-state index contributed by atoms with van der Waals surface area (Å²) in [6.07, 6.45) is 2.75. The van der Waals surface area contributed by atoms with Gasteiger partial charge in [-0.05, 0) is 86.1 Å². The molecular formula is C35H43N3O5. The van der Waals surface area contributed by atoms with E-state index in [-0.39, 0.29) is 6.04 Å². The minimum atomic E-state index is -0.902. The standard InChI is InChI=1S/C35H43N3O5/c1-23-7-5-8-28(30-9-6-10-32(36-30)38-16-15-35(3,34(39)40)31(38)22-41-4)33(23)43-21-26-12-11-25-19-37(20-29(25)24(26)2)27-13-17-42-18-14-27/h5-12,27,31H,13-22H2,1-4H3,(H,39,40)/t31-,35-/m1/s1. The number of carboxylic acid groups (broad SMARTS) is 1. The number of nitrogens with zero attached hydrogens (tertiary/aromatic N) is 3. The lowest BCUT2D eigenvalue weighted by Gasteiger charge is -2.32. The zero-order chi connectivity index (χ0) is 30.1. The summed E-state index contributed by atoms with van der Waals surface area (Å²) in [7, 11) is 1.61. The second-order valence-electron chi connectivity index (χ2n) is 12.5. The Morgan fingerprint density at radius 3 is 2.65 bits per heavy atom. The fraction of sp³-hybridized carbons (Fsp3) is 0.486. The van der Waals surface area contributed by atoms with Gasteiger partial charge in [-0.15, -0.1) is 0 Å². The van der Waals surface area contributed by atoms with Crippen molar-refractivity contribution in [2.45, 2.75) is 71.8 Å². The Morgan fingerprint density at radius 2 is 1.88 bits per heavy atom. The van der Waals surface area contributed by atoms with Crippen molar-refractivity contribution in [2.75, 3.05) is 38.4 Å². The Kier molecular flexibility index (Phi) is 8.45. The lowest BCUT2D eigenvalue weighted by molar-refractivity contribution is -0.148. The maximum Gasteiger partial charge on any atom is 0.311 e. The van der Waals surface area contributed by atoms with Gasteiger partial charge in [0.05, 0.1) is 23.8 Å². The van der Waals surface area contributed by atoms with Crippen molar-refractivity contribution < 1.29 is 24.1 Å². The number of aromatic nitrogens is 1. The van der Waals surface area contributed by atoms with Crippen LogP contribution in [0.15, 0.2) is 48.5 Å². The summed E-state index contributed by atoms with van der Waals surface area (Å²) < 4.78 is 17.7. The van der Waals surface area contributed by atoms with E-state index in [1.165, 1.54) is 22.3 Å². The molecule has 0 bridgehead atoms. The summed E-state index contributed by atoms with van der Waals surface area (Å²) in [4.78, 5) is 21.9. The summed E-state index contributed by atoms with van der Waals surface area (Å²) >= 11 is 0. The van der Waals surface area contributed by atoms with Crippen molar-refractivity contribution in [2.24, 2.45) is 5.41 Å². The predicted octanol–water partition coefficient (Wildman–Crippen LogP) is 5.76. The molecule has 2 fully saturated rings. The molecule has 4 heterocycles. The van der Waals surface area contributed by atoms with Crippen molar-refractivity contribution in [1.82, 2.24) is 9.88 Å². The molecule has 0 aliphatic carbocycles. The lowest BCUT2D eigenvalue weighted by atomic mass is 9.83. The number of hydrogen-bond donors (Lipinski definition) is 1. The van der Waals surface area contributed by atoms with Gasteiger partial charge in [-0.3, -0.25) is 9.69 Å². The van der Waals surface area contributed by atoms with Gasteiger partial charge in [0.1, 0.15) is 18.2 Å². The number of hydrogen-bond acceptors (Lipinski definition) is 7. The Morgan fingerprint density at radius 1 is 1.09 bits per heavy atom. The molecule has 0 saturated carbocycles. The summed E-state index contributed by atoms with van der Waals surface area (Å²) in [5, 5.41) is 10.0. The molecule has 0 unspecified atom stereocenters. The quantitative estimate of drug-likeness (QED) is 0.340. The number of ether oxygens (including phenoxy) is 3. The number of rotatable bonds is 9. The van der Waals surface area contributed by atoms with Crippen LogP contribution >= 0.6 is 0 Å². The average Bonchev–Trinajstić information content (AvgIpc) is 3.61. The van der Waals surface area contributed by atoms with Crippen LogP contribution in [0.4, 0.5) is 5.82 Å². The van der Waals surface area contributed by atoms with Gasteiger partial charge in [0.2, 0.25) is 0 Å². The molecule has 43 heavy (non-hydrogen) atoms. The molecule has 228 valence electrons. The monoisotopic (exact) mass is 585 g/mol.